The molecule has 0 aliphatic carbocycles. The molecule has 0 aliphatic rings. The van der Waals surface area contributed by atoms with Gasteiger partial charge < -0.3 is 5.73 Å². The SMILES string of the molecule is NC(=O)c1ncc(C(F)(F)F)cc1[N+](=O)[O-]. The third kappa shape index (κ3) is 2.24. The largest absolute Gasteiger partial charge is 0.418 e. The molecular weight excluding hydrogens is 231 g/mol. The maximum Gasteiger partial charge on any atom is 0.418 e. The fraction of sp³-hybridized carbons (Fsp3) is 0.143. The molecule has 1 heterocycles. The maximum atomic E-state index is 12.2. The minimum atomic E-state index is -4.77. The van der Waals surface area contributed by atoms with Crippen molar-refractivity contribution in [2.45, 2.75) is 6.18 Å². The highest BCUT2D eigenvalue weighted by Crippen LogP contribution is 2.31. The molecular formula is C7H4F3N3O3. The number of carbonyl (C=O) groups excluding carboxylic acids is 1. The second-order valence-electron chi connectivity index (χ2n) is 2.71. The number of nitrogens with zero attached hydrogens (tertiary/aromatic N) is 2. The van der Waals surface area contributed by atoms with E-state index in [2.05, 4.69) is 4.98 Å². The number of nitro groups is 1. The lowest BCUT2D eigenvalue weighted by Gasteiger charge is -2.06. The molecule has 6 nitrogen and oxygen atoms in total. The first kappa shape index (κ1) is 11.9. The Morgan fingerprint density at radius 1 is 1.50 bits per heavy atom. The van der Waals surface area contributed by atoms with Crippen LogP contribution in [0.5, 0.6) is 0 Å². The molecule has 16 heavy (non-hydrogen) atoms. The molecule has 0 fully saturated rings. The van der Waals surface area contributed by atoms with Crippen LogP contribution in [0.25, 0.3) is 0 Å². The van der Waals surface area contributed by atoms with Gasteiger partial charge >= 0.3 is 11.9 Å². The van der Waals surface area contributed by atoms with Crippen molar-refractivity contribution < 1.29 is 22.9 Å². The summed E-state index contributed by atoms with van der Waals surface area (Å²) >= 11 is 0. The lowest BCUT2D eigenvalue weighted by Crippen LogP contribution is -2.17. The highest BCUT2D eigenvalue weighted by Gasteiger charge is 2.34. The fourth-order valence-electron chi connectivity index (χ4n) is 0.937. The van der Waals surface area contributed by atoms with Crippen LogP contribution < -0.4 is 5.73 Å². The van der Waals surface area contributed by atoms with Crippen LogP contribution in [0.1, 0.15) is 16.1 Å². The molecule has 0 spiro atoms. The molecule has 0 radical (unpaired) electrons. The number of hydrogen-bond acceptors (Lipinski definition) is 4. The predicted molar refractivity (Wildman–Crippen MR) is 44.4 cm³/mol. The standard InChI is InChI=1S/C7H4F3N3O3/c8-7(9,10)3-1-4(13(15)16)5(6(11)14)12-2-3/h1-2H,(H2,11,14). The average Bonchev–Trinajstić information content (AvgIpc) is 2.15. The number of rotatable bonds is 2. The van der Waals surface area contributed by atoms with Crippen LogP contribution >= 0.6 is 0 Å². The molecule has 0 aliphatic heterocycles. The topological polar surface area (TPSA) is 99.1 Å². The second kappa shape index (κ2) is 3.76. The average molecular weight is 235 g/mol. The molecule has 0 saturated carbocycles. The summed E-state index contributed by atoms with van der Waals surface area (Å²) in [6.07, 6.45) is -4.46. The van der Waals surface area contributed by atoms with Crippen molar-refractivity contribution in [3.63, 3.8) is 0 Å². The predicted octanol–water partition coefficient (Wildman–Crippen LogP) is 1.11. The molecule has 1 amide bonds. The smallest absolute Gasteiger partial charge is 0.364 e. The van der Waals surface area contributed by atoms with Crippen LogP contribution in [-0.4, -0.2) is 15.8 Å². The Bertz CT molecular complexity index is 458. The first-order valence-electron chi connectivity index (χ1n) is 3.75. The first-order valence-corrected chi connectivity index (χ1v) is 3.75. The van der Waals surface area contributed by atoms with E-state index in [1.165, 1.54) is 0 Å². The number of carbonyl (C=O) groups is 1. The van der Waals surface area contributed by atoms with Gasteiger partial charge in [-0.15, -0.1) is 0 Å². The van der Waals surface area contributed by atoms with Crippen molar-refractivity contribution in [1.29, 1.82) is 0 Å². The number of nitrogens with two attached hydrogens (primary N) is 1. The van der Waals surface area contributed by atoms with E-state index in [0.717, 1.165) is 0 Å². The van der Waals surface area contributed by atoms with E-state index >= 15 is 0 Å². The Kier molecular flexibility index (Phi) is 2.79. The van der Waals surface area contributed by atoms with E-state index in [9.17, 15) is 28.1 Å². The van der Waals surface area contributed by atoms with Crippen molar-refractivity contribution in [1.82, 2.24) is 4.98 Å². The molecule has 1 rings (SSSR count). The van der Waals surface area contributed by atoms with Gasteiger partial charge in [-0.25, -0.2) is 4.98 Å². The normalized spacial score (nSPS) is 11.2. The minimum Gasteiger partial charge on any atom is -0.364 e. The van der Waals surface area contributed by atoms with Crippen LogP contribution in [-0.2, 0) is 6.18 Å². The summed E-state index contributed by atoms with van der Waals surface area (Å²) < 4.78 is 36.6. The molecule has 1 aromatic heterocycles. The van der Waals surface area contributed by atoms with Crippen molar-refractivity contribution in [2.75, 3.05) is 0 Å². The van der Waals surface area contributed by atoms with Gasteiger partial charge in [0.15, 0.2) is 0 Å². The van der Waals surface area contributed by atoms with Gasteiger partial charge in [0.2, 0.25) is 5.69 Å². The summed E-state index contributed by atoms with van der Waals surface area (Å²) in [5.74, 6) is -1.26. The van der Waals surface area contributed by atoms with Crippen molar-refractivity contribution in [3.8, 4) is 0 Å². The molecule has 0 aromatic carbocycles. The Hall–Kier alpha value is -2.19. The fourth-order valence-corrected chi connectivity index (χ4v) is 0.937. The van der Waals surface area contributed by atoms with Gasteiger partial charge in [-0.3, -0.25) is 14.9 Å². The Balaban J connectivity index is 3.40. The van der Waals surface area contributed by atoms with Gasteiger partial charge in [0, 0.05) is 12.3 Å². The van der Waals surface area contributed by atoms with E-state index in [1.807, 2.05) is 0 Å². The summed E-state index contributed by atoms with van der Waals surface area (Å²) in [6.45, 7) is 0. The zero-order chi connectivity index (χ0) is 12.5. The quantitative estimate of drug-likeness (QED) is 0.612. The molecule has 0 atom stereocenters. The number of hydrogen-bond donors (Lipinski definition) is 1. The van der Waals surface area contributed by atoms with E-state index < -0.39 is 34.0 Å². The van der Waals surface area contributed by atoms with Gasteiger partial charge in [-0.1, -0.05) is 0 Å². The summed E-state index contributed by atoms with van der Waals surface area (Å²) in [4.78, 5) is 22.9. The molecule has 86 valence electrons. The van der Waals surface area contributed by atoms with Crippen LogP contribution in [0, 0.1) is 10.1 Å². The van der Waals surface area contributed by atoms with Gasteiger partial charge in [-0.2, -0.15) is 13.2 Å². The van der Waals surface area contributed by atoms with Gasteiger partial charge in [0.25, 0.3) is 5.91 Å². The van der Waals surface area contributed by atoms with Crippen molar-refractivity contribution >= 4 is 11.6 Å². The molecule has 0 unspecified atom stereocenters. The molecule has 0 saturated heterocycles. The number of aromatic nitrogens is 1. The molecule has 2 N–H and O–H groups in total. The summed E-state index contributed by atoms with van der Waals surface area (Å²) in [7, 11) is 0. The second-order valence-corrected chi connectivity index (χ2v) is 2.71. The van der Waals surface area contributed by atoms with Crippen LogP contribution in [0.2, 0.25) is 0 Å². The van der Waals surface area contributed by atoms with Crippen molar-refractivity contribution in [2.24, 2.45) is 5.73 Å². The molecule has 0 bridgehead atoms. The van der Waals surface area contributed by atoms with Crippen molar-refractivity contribution in [3.05, 3.63) is 33.6 Å². The Labute approximate surface area is 86.0 Å². The third-order valence-corrected chi connectivity index (χ3v) is 1.62. The van der Waals surface area contributed by atoms with E-state index in [1.54, 1.807) is 0 Å². The molecule has 1 aromatic rings. The van der Waals surface area contributed by atoms with Gasteiger partial charge in [-0.05, 0) is 0 Å². The monoisotopic (exact) mass is 235 g/mol. The highest BCUT2D eigenvalue weighted by atomic mass is 19.4. The van der Waals surface area contributed by atoms with Crippen LogP contribution in [0.15, 0.2) is 12.3 Å². The Morgan fingerprint density at radius 2 is 2.06 bits per heavy atom. The zero-order valence-electron chi connectivity index (χ0n) is 7.49. The zero-order valence-corrected chi connectivity index (χ0v) is 7.49. The highest BCUT2D eigenvalue weighted by molar-refractivity contribution is 5.94. The number of alkyl halides is 3. The number of pyridine rings is 1. The number of primary amides is 1. The van der Waals surface area contributed by atoms with Crippen LogP contribution in [0.4, 0.5) is 18.9 Å². The molecule has 9 heteroatoms. The third-order valence-electron chi connectivity index (χ3n) is 1.62. The van der Waals surface area contributed by atoms with Gasteiger partial charge in [0.1, 0.15) is 0 Å². The lowest BCUT2D eigenvalue weighted by atomic mass is 10.2. The minimum absolute atomic E-state index is 0.215. The van der Waals surface area contributed by atoms with E-state index in [-0.39, 0.29) is 6.07 Å². The summed E-state index contributed by atoms with van der Waals surface area (Å²) in [5.41, 5.74) is 1.53. The van der Waals surface area contributed by atoms with Crippen LogP contribution in [0.3, 0.4) is 0 Å². The van der Waals surface area contributed by atoms with E-state index in [4.69, 9.17) is 5.73 Å². The van der Waals surface area contributed by atoms with Gasteiger partial charge in [0.05, 0.1) is 10.5 Å². The first-order chi connectivity index (χ1) is 7.23. The summed E-state index contributed by atoms with van der Waals surface area (Å²) in [5, 5.41) is 10.4. The van der Waals surface area contributed by atoms with E-state index in [0.29, 0.717) is 6.20 Å². The number of halogens is 3. The lowest BCUT2D eigenvalue weighted by molar-refractivity contribution is -0.385. The Morgan fingerprint density at radius 3 is 2.44 bits per heavy atom. The summed E-state index contributed by atoms with van der Waals surface area (Å²) in [6, 6.07) is 0.215. The maximum absolute atomic E-state index is 12.2. The number of amides is 1.